The largest absolute Gasteiger partial charge is 0.421 e. The molecule has 0 unspecified atom stereocenters. The van der Waals surface area contributed by atoms with Gasteiger partial charge in [-0.1, -0.05) is 15.9 Å². The van der Waals surface area contributed by atoms with Gasteiger partial charge >= 0.3 is 5.76 Å². The minimum Gasteiger partial charge on any atom is -0.408 e. The molecular weight excluding hydrogens is 350 g/mol. The second kappa shape index (κ2) is 6.26. The van der Waals surface area contributed by atoms with E-state index >= 15 is 0 Å². The van der Waals surface area contributed by atoms with Gasteiger partial charge in [-0.25, -0.2) is 4.79 Å². The van der Waals surface area contributed by atoms with Crippen LogP contribution in [0, 0.1) is 5.92 Å². The summed E-state index contributed by atoms with van der Waals surface area (Å²) in [4.78, 5) is 25.2. The first-order chi connectivity index (χ1) is 10.5. The number of rotatable bonds is 4. The normalized spacial score (nSPS) is 17.1. The van der Waals surface area contributed by atoms with Crippen molar-refractivity contribution in [2.45, 2.75) is 25.9 Å². The highest BCUT2D eigenvalue weighted by atomic mass is 79.9. The van der Waals surface area contributed by atoms with Crippen molar-refractivity contribution in [3.05, 3.63) is 33.2 Å². The first-order valence-corrected chi connectivity index (χ1v) is 8.12. The SMILES string of the molecule is NC(=O)CC1CCN(Cn2c(=O)oc3cc(Br)ccc32)CC1. The van der Waals surface area contributed by atoms with E-state index in [1.807, 2.05) is 12.1 Å². The molecule has 1 fully saturated rings. The lowest BCUT2D eigenvalue weighted by Gasteiger charge is -2.31. The van der Waals surface area contributed by atoms with Crippen LogP contribution in [-0.2, 0) is 11.5 Å². The second-order valence-electron chi connectivity index (χ2n) is 5.78. The van der Waals surface area contributed by atoms with Crippen LogP contribution in [0.3, 0.4) is 0 Å². The molecule has 1 aliphatic rings. The number of hydrogen-bond acceptors (Lipinski definition) is 4. The zero-order valence-electron chi connectivity index (χ0n) is 12.1. The van der Waals surface area contributed by atoms with Gasteiger partial charge in [-0.2, -0.15) is 0 Å². The molecular formula is C15H18BrN3O3. The third-order valence-corrected chi connectivity index (χ3v) is 4.66. The van der Waals surface area contributed by atoms with Crippen molar-refractivity contribution in [2.75, 3.05) is 13.1 Å². The average Bonchev–Trinajstić information content (AvgIpc) is 2.75. The molecule has 2 aromatic rings. The number of halogens is 1. The lowest BCUT2D eigenvalue weighted by molar-refractivity contribution is -0.119. The van der Waals surface area contributed by atoms with Gasteiger partial charge in [-0.15, -0.1) is 0 Å². The molecule has 7 heteroatoms. The van der Waals surface area contributed by atoms with E-state index in [0.717, 1.165) is 35.9 Å². The second-order valence-corrected chi connectivity index (χ2v) is 6.70. The van der Waals surface area contributed by atoms with Crippen LogP contribution >= 0.6 is 15.9 Å². The van der Waals surface area contributed by atoms with Crippen LogP contribution in [0.5, 0.6) is 0 Å². The van der Waals surface area contributed by atoms with E-state index in [1.54, 1.807) is 10.6 Å². The molecule has 0 saturated carbocycles. The van der Waals surface area contributed by atoms with E-state index in [0.29, 0.717) is 24.6 Å². The Balaban J connectivity index is 1.71. The molecule has 1 saturated heterocycles. The summed E-state index contributed by atoms with van der Waals surface area (Å²) in [5, 5.41) is 0. The molecule has 1 amide bonds. The average molecular weight is 368 g/mol. The van der Waals surface area contributed by atoms with Gasteiger partial charge in [0.2, 0.25) is 5.91 Å². The Labute approximate surface area is 136 Å². The number of amides is 1. The molecule has 1 aromatic heterocycles. The number of carbonyl (C=O) groups excluding carboxylic acids is 1. The molecule has 6 nitrogen and oxygen atoms in total. The van der Waals surface area contributed by atoms with Crippen molar-refractivity contribution in [2.24, 2.45) is 11.7 Å². The van der Waals surface area contributed by atoms with Crippen LogP contribution in [0.2, 0.25) is 0 Å². The highest BCUT2D eigenvalue weighted by Crippen LogP contribution is 2.22. The maximum absolute atomic E-state index is 12.0. The molecule has 22 heavy (non-hydrogen) atoms. The summed E-state index contributed by atoms with van der Waals surface area (Å²) in [6.45, 7) is 2.22. The van der Waals surface area contributed by atoms with E-state index < -0.39 is 0 Å². The summed E-state index contributed by atoms with van der Waals surface area (Å²) < 4.78 is 7.82. The predicted molar refractivity (Wildman–Crippen MR) is 86.3 cm³/mol. The maximum atomic E-state index is 12.0. The van der Waals surface area contributed by atoms with E-state index in [1.165, 1.54) is 0 Å². The molecule has 2 heterocycles. The fourth-order valence-corrected chi connectivity index (χ4v) is 3.33. The monoisotopic (exact) mass is 367 g/mol. The first-order valence-electron chi connectivity index (χ1n) is 7.32. The lowest BCUT2D eigenvalue weighted by atomic mass is 9.93. The summed E-state index contributed by atoms with van der Waals surface area (Å²) in [7, 11) is 0. The zero-order valence-corrected chi connectivity index (χ0v) is 13.7. The minimum atomic E-state index is -0.340. The predicted octanol–water partition coefficient (Wildman–Crippen LogP) is 1.90. The molecule has 1 aromatic carbocycles. The Morgan fingerprint density at radius 3 is 2.77 bits per heavy atom. The van der Waals surface area contributed by atoms with Crippen LogP contribution in [-0.4, -0.2) is 28.5 Å². The van der Waals surface area contributed by atoms with Gasteiger partial charge in [0.05, 0.1) is 12.2 Å². The van der Waals surface area contributed by atoms with Crippen molar-refractivity contribution in [1.29, 1.82) is 0 Å². The number of oxazole rings is 1. The Morgan fingerprint density at radius 1 is 1.36 bits per heavy atom. The van der Waals surface area contributed by atoms with Crippen LogP contribution in [0.4, 0.5) is 0 Å². The highest BCUT2D eigenvalue weighted by molar-refractivity contribution is 9.10. The number of fused-ring (bicyclic) bond motifs is 1. The van der Waals surface area contributed by atoms with Crippen molar-refractivity contribution < 1.29 is 9.21 Å². The van der Waals surface area contributed by atoms with Gasteiger partial charge in [0.1, 0.15) is 0 Å². The molecule has 3 rings (SSSR count). The van der Waals surface area contributed by atoms with E-state index in [2.05, 4.69) is 20.8 Å². The fourth-order valence-electron chi connectivity index (χ4n) is 2.99. The van der Waals surface area contributed by atoms with Crippen molar-refractivity contribution in [1.82, 2.24) is 9.47 Å². The van der Waals surface area contributed by atoms with E-state index in [9.17, 15) is 9.59 Å². The Kier molecular flexibility index (Phi) is 4.35. The molecule has 0 radical (unpaired) electrons. The van der Waals surface area contributed by atoms with E-state index in [4.69, 9.17) is 10.2 Å². The van der Waals surface area contributed by atoms with Crippen LogP contribution in [0.1, 0.15) is 19.3 Å². The van der Waals surface area contributed by atoms with Gasteiger partial charge in [0.25, 0.3) is 0 Å². The topological polar surface area (TPSA) is 81.5 Å². The third-order valence-electron chi connectivity index (χ3n) is 4.17. The number of primary amides is 1. The van der Waals surface area contributed by atoms with E-state index in [-0.39, 0.29) is 11.7 Å². The number of piperidine rings is 1. The summed E-state index contributed by atoms with van der Waals surface area (Å²) in [6, 6.07) is 5.57. The van der Waals surface area contributed by atoms with Crippen molar-refractivity contribution >= 4 is 32.9 Å². The number of nitrogens with zero attached hydrogens (tertiary/aromatic N) is 2. The summed E-state index contributed by atoms with van der Waals surface area (Å²) >= 11 is 3.37. The number of aromatic nitrogens is 1. The van der Waals surface area contributed by atoms with Gasteiger partial charge in [-0.05, 0) is 37.0 Å². The Bertz CT molecular complexity index is 744. The van der Waals surface area contributed by atoms with Crippen LogP contribution in [0.25, 0.3) is 11.1 Å². The number of benzene rings is 1. The Morgan fingerprint density at radius 2 is 2.09 bits per heavy atom. The zero-order chi connectivity index (χ0) is 15.7. The standard InChI is InChI=1S/C15H18BrN3O3/c16-11-1-2-12-13(8-11)22-15(21)19(12)9-18-5-3-10(4-6-18)7-14(17)20/h1-2,8,10H,3-7,9H2,(H2,17,20). The van der Waals surface area contributed by atoms with Gasteiger partial charge in [0, 0.05) is 24.0 Å². The summed E-state index contributed by atoms with van der Waals surface area (Å²) in [5.74, 6) is -0.212. The Hall–Kier alpha value is -1.60. The summed E-state index contributed by atoms with van der Waals surface area (Å²) in [6.07, 6.45) is 2.31. The number of carbonyl (C=O) groups is 1. The molecule has 0 spiro atoms. The first kappa shape index (κ1) is 15.3. The molecule has 0 bridgehead atoms. The quantitative estimate of drug-likeness (QED) is 0.894. The van der Waals surface area contributed by atoms with Crippen LogP contribution in [0.15, 0.2) is 31.9 Å². The van der Waals surface area contributed by atoms with Crippen molar-refractivity contribution in [3.63, 3.8) is 0 Å². The van der Waals surface area contributed by atoms with Crippen molar-refractivity contribution in [3.8, 4) is 0 Å². The molecule has 0 aliphatic carbocycles. The van der Waals surface area contributed by atoms with Gasteiger partial charge in [0.15, 0.2) is 5.58 Å². The summed E-state index contributed by atoms with van der Waals surface area (Å²) in [5.41, 5.74) is 6.63. The lowest BCUT2D eigenvalue weighted by Crippen LogP contribution is -2.38. The highest BCUT2D eigenvalue weighted by Gasteiger charge is 2.22. The number of nitrogens with two attached hydrogens (primary N) is 1. The molecule has 0 atom stereocenters. The van der Waals surface area contributed by atoms with Gasteiger partial charge < -0.3 is 10.2 Å². The minimum absolute atomic E-state index is 0.235. The van der Waals surface area contributed by atoms with Gasteiger partial charge in [-0.3, -0.25) is 14.3 Å². The number of likely N-dealkylation sites (tertiary alicyclic amines) is 1. The smallest absolute Gasteiger partial charge is 0.408 e. The molecule has 1 aliphatic heterocycles. The fraction of sp³-hybridized carbons (Fsp3) is 0.467. The molecule has 118 valence electrons. The number of hydrogen-bond donors (Lipinski definition) is 1. The maximum Gasteiger partial charge on any atom is 0.421 e. The van der Waals surface area contributed by atoms with Crippen LogP contribution < -0.4 is 11.5 Å². The molecule has 2 N–H and O–H groups in total. The third kappa shape index (κ3) is 3.25.